The molecule has 7 heteroatoms. The molecule has 0 radical (unpaired) electrons. The molecule has 18 heavy (non-hydrogen) atoms. The van der Waals surface area contributed by atoms with Crippen LogP contribution in [-0.4, -0.2) is 9.97 Å². The van der Waals surface area contributed by atoms with E-state index in [1.165, 1.54) is 30.0 Å². The maximum absolute atomic E-state index is 13.0. The fourth-order valence-electron chi connectivity index (χ4n) is 1.30. The summed E-state index contributed by atoms with van der Waals surface area (Å²) in [6.07, 6.45) is 0. The van der Waals surface area contributed by atoms with Crippen LogP contribution in [0, 0.1) is 5.82 Å². The minimum Gasteiger partial charge on any atom is -0.383 e. The van der Waals surface area contributed by atoms with Crippen LogP contribution in [0.15, 0.2) is 34.2 Å². The molecule has 0 bridgehead atoms. The predicted octanol–water partition coefficient (Wildman–Crippen LogP) is 2.44. The number of nitrogen functional groups attached to an aromatic ring is 1. The minimum atomic E-state index is -0.457. The highest BCUT2D eigenvalue weighted by Gasteiger charge is 2.04. The molecule has 2 aromatic rings. The molecule has 1 aromatic heterocycles. The second-order valence-corrected chi connectivity index (χ2v) is 4.88. The largest absolute Gasteiger partial charge is 0.383 e. The molecular weight excluding hydrogens is 277 g/mol. The second-order valence-electron chi connectivity index (χ2n) is 3.51. The van der Waals surface area contributed by atoms with Crippen molar-refractivity contribution < 1.29 is 4.39 Å². The quantitative estimate of drug-likeness (QED) is 0.671. The van der Waals surface area contributed by atoms with Crippen molar-refractivity contribution in [2.75, 3.05) is 5.73 Å². The van der Waals surface area contributed by atoms with Gasteiger partial charge in [-0.3, -0.25) is 4.79 Å². The lowest BCUT2D eigenvalue weighted by atomic mass is 10.2. The monoisotopic (exact) mass is 285 g/mol. The van der Waals surface area contributed by atoms with Crippen molar-refractivity contribution in [2.45, 2.75) is 10.9 Å². The number of hydrogen-bond donors (Lipinski definition) is 2. The lowest BCUT2D eigenvalue weighted by Crippen LogP contribution is -2.09. The topological polar surface area (TPSA) is 71.8 Å². The number of benzene rings is 1. The second kappa shape index (κ2) is 5.41. The molecular formula is C11H9ClFN3OS. The first-order chi connectivity index (χ1) is 8.54. The van der Waals surface area contributed by atoms with Gasteiger partial charge in [-0.2, -0.15) is 0 Å². The predicted molar refractivity (Wildman–Crippen MR) is 70.2 cm³/mol. The van der Waals surface area contributed by atoms with Crippen molar-refractivity contribution >= 4 is 29.2 Å². The third kappa shape index (κ3) is 3.24. The normalized spacial score (nSPS) is 10.6. The summed E-state index contributed by atoms with van der Waals surface area (Å²) in [7, 11) is 0. The van der Waals surface area contributed by atoms with E-state index in [4.69, 9.17) is 17.3 Å². The van der Waals surface area contributed by atoms with E-state index in [0.29, 0.717) is 10.9 Å². The summed E-state index contributed by atoms with van der Waals surface area (Å²) in [5.74, 6) is 0.214. The molecule has 0 aliphatic carbocycles. The minimum absolute atomic E-state index is 0.0714. The van der Waals surface area contributed by atoms with Crippen LogP contribution in [0.25, 0.3) is 0 Å². The number of nitrogens with zero attached hydrogens (tertiary/aromatic N) is 1. The van der Waals surface area contributed by atoms with E-state index in [9.17, 15) is 9.18 Å². The van der Waals surface area contributed by atoms with Crippen LogP contribution in [-0.2, 0) is 5.75 Å². The fraction of sp³-hybridized carbons (Fsp3) is 0.0909. The van der Waals surface area contributed by atoms with Crippen LogP contribution in [0.5, 0.6) is 0 Å². The van der Waals surface area contributed by atoms with E-state index in [1.807, 2.05) is 0 Å². The van der Waals surface area contributed by atoms with E-state index < -0.39 is 5.82 Å². The Balaban J connectivity index is 2.11. The van der Waals surface area contributed by atoms with E-state index in [0.717, 1.165) is 5.56 Å². The Bertz CT molecular complexity index is 632. The van der Waals surface area contributed by atoms with Gasteiger partial charge in [0.05, 0.1) is 5.02 Å². The first kappa shape index (κ1) is 12.9. The van der Waals surface area contributed by atoms with Crippen LogP contribution in [0.3, 0.4) is 0 Å². The van der Waals surface area contributed by atoms with Gasteiger partial charge in [-0.05, 0) is 17.7 Å². The maximum Gasteiger partial charge on any atom is 0.253 e. The molecule has 94 valence electrons. The van der Waals surface area contributed by atoms with Gasteiger partial charge in [0.2, 0.25) is 0 Å². The first-order valence-corrected chi connectivity index (χ1v) is 6.34. The Morgan fingerprint density at radius 1 is 1.44 bits per heavy atom. The third-order valence-corrected chi connectivity index (χ3v) is 3.33. The molecule has 0 saturated carbocycles. The maximum atomic E-state index is 13.0. The zero-order valence-electron chi connectivity index (χ0n) is 9.11. The van der Waals surface area contributed by atoms with Crippen LogP contribution in [0.2, 0.25) is 5.02 Å². The first-order valence-electron chi connectivity index (χ1n) is 4.98. The van der Waals surface area contributed by atoms with Crippen LogP contribution >= 0.6 is 23.4 Å². The molecule has 0 spiro atoms. The number of anilines is 1. The standard InChI is InChI=1S/C11H9ClFN3OS/c12-7-3-6(1-2-8(7)13)5-18-11-15-9(14)4-10(17)16-11/h1-4H,5H2,(H3,14,15,16,17). The molecule has 0 amide bonds. The number of halogens is 2. The van der Waals surface area contributed by atoms with Crippen molar-refractivity contribution in [2.24, 2.45) is 0 Å². The Kier molecular flexibility index (Phi) is 3.88. The van der Waals surface area contributed by atoms with Crippen molar-refractivity contribution in [3.63, 3.8) is 0 Å². The van der Waals surface area contributed by atoms with Crippen LogP contribution < -0.4 is 11.3 Å². The third-order valence-electron chi connectivity index (χ3n) is 2.10. The number of rotatable bonds is 3. The lowest BCUT2D eigenvalue weighted by Gasteiger charge is -2.03. The van der Waals surface area contributed by atoms with Gasteiger partial charge in [0.15, 0.2) is 5.16 Å². The van der Waals surface area contributed by atoms with Gasteiger partial charge in [0.1, 0.15) is 11.6 Å². The summed E-state index contributed by atoms with van der Waals surface area (Å²) < 4.78 is 13.0. The van der Waals surface area contributed by atoms with E-state index >= 15 is 0 Å². The van der Waals surface area contributed by atoms with E-state index in [1.54, 1.807) is 6.07 Å². The number of aromatic nitrogens is 2. The lowest BCUT2D eigenvalue weighted by molar-refractivity contribution is 0.628. The van der Waals surface area contributed by atoms with Crippen molar-refractivity contribution in [3.05, 3.63) is 51.0 Å². The molecule has 3 N–H and O–H groups in total. The van der Waals surface area contributed by atoms with Gasteiger partial charge < -0.3 is 10.7 Å². The summed E-state index contributed by atoms with van der Waals surface area (Å²) >= 11 is 6.96. The number of thioether (sulfide) groups is 1. The molecule has 2 rings (SSSR count). The highest BCUT2D eigenvalue weighted by Crippen LogP contribution is 2.22. The molecule has 1 heterocycles. The smallest absolute Gasteiger partial charge is 0.253 e. The average Bonchev–Trinajstić information content (AvgIpc) is 2.29. The molecule has 0 fully saturated rings. The van der Waals surface area contributed by atoms with Gasteiger partial charge in [0, 0.05) is 11.8 Å². The van der Waals surface area contributed by atoms with Crippen molar-refractivity contribution in [3.8, 4) is 0 Å². The summed E-state index contributed by atoms with van der Waals surface area (Å²) in [4.78, 5) is 17.7. The van der Waals surface area contributed by atoms with E-state index in [-0.39, 0.29) is 16.4 Å². The number of hydrogen-bond acceptors (Lipinski definition) is 4. The van der Waals surface area contributed by atoms with Crippen LogP contribution in [0.1, 0.15) is 5.56 Å². The summed E-state index contributed by atoms with van der Waals surface area (Å²) in [6.45, 7) is 0. The summed E-state index contributed by atoms with van der Waals surface area (Å²) in [5, 5.41) is 0.488. The molecule has 0 atom stereocenters. The summed E-state index contributed by atoms with van der Waals surface area (Å²) in [6, 6.07) is 5.67. The average molecular weight is 286 g/mol. The Labute approximate surface area is 111 Å². The van der Waals surface area contributed by atoms with Gasteiger partial charge in [0.25, 0.3) is 5.56 Å². The van der Waals surface area contributed by atoms with Gasteiger partial charge in [-0.25, -0.2) is 9.37 Å². The van der Waals surface area contributed by atoms with Gasteiger partial charge in [-0.1, -0.05) is 29.4 Å². The number of H-pyrrole nitrogens is 1. The Morgan fingerprint density at radius 3 is 2.89 bits per heavy atom. The number of aromatic amines is 1. The van der Waals surface area contributed by atoms with Crippen molar-refractivity contribution in [1.29, 1.82) is 0 Å². The molecule has 0 unspecified atom stereocenters. The molecule has 4 nitrogen and oxygen atoms in total. The Morgan fingerprint density at radius 2 is 2.22 bits per heavy atom. The highest BCUT2D eigenvalue weighted by molar-refractivity contribution is 7.98. The van der Waals surface area contributed by atoms with Crippen LogP contribution in [0.4, 0.5) is 10.2 Å². The number of nitrogens with one attached hydrogen (secondary N) is 1. The van der Waals surface area contributed by atoms with E-state index in [2.05, 4.69) is 9.97 Å². The molecule has 0 aliphatic heterocycles. The van der Waals surface area contributed by atoms with Gasteiger partial charge >= 0.3 is 0 Å². The van der Waals surface area contributed by atoms with Crippen molar-refractivity contribution in [1.82, 2.24) is 9.97 Å². The zero-order chi connectivity index (χ0) is 13.1. The fourth-order valence-corrected chi connectivity index (χ4v) is 2.33. The molecule has 0 aliphatic rings. The Hall–Kier alpha value is -1.53. The summed E-state index contributed by atoms with van der Waals surface area (Å²) in [5.41, 5.74) is 5.98. The SMILES string of the molecule is Nc1cc(=O)[nH]c(SCc2ccc(F)c(Cl)c2)n1. The highest BCUT2D eigenvalue weighted by atomic mass is 35.5. The molecule has 0 saturated heterocycles. The zero-order valence-corrected chi connectivity index (χ0v) is 10.7. The number of nitrogens with two attached hydrogens (primary N) is 1. The molecule has 1 aromatic carbocycles. The van der Waals surface area contributed by atoms with Gasteiger partial charge in [-0.15, -0.1) is 0 Å².